The van der Waals surface area contributed by atoms with Gasteiger partial charge in [0.1, 0.15) is 12.4 Å². The normalized spacial score (nSPS) is 9.88. The van der Waals surface area contributed by atoms with E-state index in [9.17, 15) is 9.59 Å². The van der Waals surface area contributed by atoms with Crippen molar-refractivity contribution in [3.63, 3.8) is 0 Å². The summed E-state index contributed by atoms with van der Waals surface area (Å²) in [6.45, 7) is 9.69. The molecule has 0 saturated carbocycles. The maximum atomic E-state index is 11.8. The molecule has 7 heteroatoms. The molecule has 0 saturated heterocycles. The van der Waals surface area contributed by atoms with E-state index in [0.29, 0.717) is 30.9 Å². The molecule has 0 spiro atoms. The number of ether oxygens (including phenoxy) is 1. The summed E-state index contributed by atoms with van der Waals surface area (Å²) in [6.07, 6.45) is 1.76. The van der Waals surface area contributed by atoms with Crippen LogP contribution in [0, 0.1) is 0 Å². The fraction of sp³-hybridized carbons (Fsp3) is 0.444. The highest BCUT2D eigenvalue weighted by atomic mass is 27.3. The van der Waals surface area contributed by atoms with E-state index in [4.69, 9.17) is 16.1 Å². The summed E-state index contributed by atoms with van der Waals surface area (Å²) >= 11 is -3.02. The Kier molecular flexibility index (Phi) is 9.75. The zero-order valence-electron chi connectivity index (χ0n) is 15.1. The minimum absolute atomic E-state index is 0.242. The third-order valence-electron chi connectivity index (χ3n) is 2.91. The van der Waals surface area contributed by atoms with Gasteiger partial charge in [0, 0.05) is 12.8 Å². The van der Waals surface area contributed by atoms with Crippen LogP contribution in [0.2, 0.25) is 0 Å². The van der Waals surface area contributed by atoms with Gasteiger partial charge in [-0.1, -0.05) is 32.6 Å². The van der Waals surface area contributed by atoms with Crippen LogP contribution in [0.4, 0.5) is 0 Å². The second-order valence-electron chi connectivity index (χ2n) is 5.58. The van der Waals surface area contributed by atoms with Gasteiger partial charge in [0.25, 0.3) is 11.9 Å². The van der Waals surface area contributed by atoms with E-state index in [1.54, 1.807) is 24.3 Å². The van der Waals surface area contributed by atoms with Gasteiger partial charge in [-0.3, -0.25) is 9.59 Å². The molecule has 25 heavy (non-hydrogen) atoms. The predicted octanol–water partition coefficient (Wildman–Crippen LogP) is 3.69. The van der Waals surface area contributed by atoms with Crippen LogP contribution in [0.25, 0.3) is 0 Å². The van der Waals surface area contributed by atoms with Crippen molar-refractivity contribution in [2.75, 3.05) is 6.61 Å². The molecule has 0 heterocycles. The quantitative estimate of drug-likeness (QED) is 0.440. The first-order chi connectivity index (χ1) is 12.0. The third kappa shape index (κ3) is 8.62. The van der Waals surface area contributed by atoms with Gasteiger partial charge in [0.15, 0.2) is 5.75 Å². The highest BCUT2D eigenvalue weighted by Crippen LogP contribution is 2.27. The monoisotopic (exact) mass is 364 g/mol. The summed E-state index contributed by atoms with van der Waals surface area (Å²) < 4.78 is 21.8. The molecule has 1 rings (SSSR count). The first kappa shape index (κ1) is 21.1. The van der Waals surface area contributed by atoms with Crippen LogP contribution in [0.15, 0.2) is 36.4 Å². The van der Waals surface area contributed by atoms with Crippen LogP contribution in [0.3, 0.4) is 0 Å². The second kappa shape index (κ2) is 11.6. The summed E-state index contributed by atoms with van der Waals surface area (Å²) in [4.78, 5) is 23.6. The van der Waals surface area contributed by atoms with Gasteiger partial charge < -0.3 is 16.1 Å². The van der Waals surface area contributed by atoms with Gasteiger partial charge >= 0.3 is 15.1 Å². The van der Waals surface area contributed by atoms with Crippen molar-refractivity contribution in [3.05, 3.63) is 36.4 Å². The van der Waals surface area contributed by atoms with Crippen molar-refractivity contribution < 1.29 is 25.7 Å². The number of hydrogen-bond donors (Lipinski definition) is 0. The smallest absolute Gasteiger partial charge is 0.575 e. The summed E-state index contributed by atoms with van der Waals surface area (Å²) in [5.41, 5.74) is 0.854. The lowest BCUT2D eigenvalue weighted by Gasteiger charge is -2.17. The molecule has 0 amide bonds. The molecule has 0 N–H and O–H groups in total. The number of carbonyl (C=O) groups excluding carboxylic acids is 2. The lowest BCUT2D eigenvalue weighted by atomic mass is 10.3. The Morgan fingerprint density at radius 2 is 1.52 bits per heavy atom. The van der Waals surface area contributed by atoms with Crippen molar-refractivity contribution in [2.24, 2.45) is 0 Å². The molecule has 0 bridgehead atoms. The summed E-state index contributed by atoms with van der Waals surface area (Å²) in [5.74, 6) is -0.0392. The van der Waals surface area contributed by atoms with Gasteiger partial charge in [-0.2, -0.15) is 0 Å². The zero-order valence-corrected chi connectivity index (χ0v) is 16.2. The third-order valence-corrected chi connectivity index (χ3v) is 4.27. The van der Waals surface area contributed by atoms with Crippen LogP contribution in [-0.4, -0.2) is 33.7 Å². The average Bonchev–Trinajstić information content (AvgIpc) is 2.54. The lowest BCUT2D eigenvalue weighted by Crippen LogP contribution is -2.35. The van der Waals surface area contributed by atoms with Gasteiger partial charge in [-0.05, 0) is 37.5 Å². The van der Waals surface area contributed by atoms with Crippen molar-refractivity contribution in [3.8, 4) is 11.5 Å². The number of hydrogen-bond acceptors (Lipinski definition) is 6. The van der Waals surface area contributed by atoms with Gasteiger partial charge in [-0.25, -0.2) is 0 Å². The second-order valence-corrected chi connectivity index (χ2v) is 6.86. The zero-order chi connectivity index (χ0) is 18.7. The fourth-order valence-corrected chi connectivity index (χ4v) is 3.00. The Morgan fingerprint density at radius 3 is 2.00 bits per heavy atom. The van der Waals surface area contributed by atoms with Crippen LogP contribution >= 0.6 is 0 Å². The number of benzene rings is 1. The molecule has 1 aromatic rings. The molecule has 136 valence electrons. The molecule has 0 unspecified atom stereocenters. The Labute approximate surface area is 154 Å². The van der Waals surface area contributed by atoms with Gasteiger partial charge in [0.2, 0.25) is 0 Å². The summed E-state index contributed by atoms with van der Waals surface area (Å²) in [6, 6.07) is 6.96. The van der Waals surface area contributed by atoms with Crippen LogP contribution in [0.5, 0.6) is 11.5 Å². The number of carbonyl (C=O) groups is 2. The Morgan fingerprint density at radius 1 is 1.00 bits per heavy atom. The number of para-hydroxylation sites is 2. The molecular formula is C18H25AlO6. The summed E-state index contributed by atoms with van der Waals surface area (Å²) in [5, 5.41) is 0. The molecule has 6 nitrogen and oxygen atoms in total. The SMILES string of the molecule is C=C(C)COc1ccccc1[O][Al]([O]C(=O)CCC)[O]C(=O)CCC. The highest BCUT2D eigenvalue weighted by molar-refractivity contribution is 6.42. The predicted molar refractivity (Wildman–Crippen MR) is 95.1 cm³/mol. The van der Waals surface area contributed by atoms with Crippen LogP contribution in [0.1, 0.15) is 46.5 Å². The standard InChI is InChI=1S/C10H12O2.2C4H8O2.Al/c1-8(2)7-12-10-6-4-3-5-9(10)11;2*1-2-3-4(5)6;/h3-6,11H,1,7H2,2H3;2*2-3H2,1H3,(H,5,6);/q;;;+3/p-3. The van der Waals surface area contributed by atoms with Crippen LogP contribution < -0.4 is 8.53 Å². The molecule has 0 aliphatic rings. The molecule has 0 fully saturated rings. The van der Waals surface area contributed by atoms with E-state index in [1.165, 1.54) is 0 Å². The van der Waals surface area contributed by atoms with E-state index in [-0.39, 0.29) is 12.8 Å². The molecule has 0 aliphatic heterocycles. The van der Waals surface area contributed by atoms with E-state index in [2.05, 4.69) is 6.58 Å². The highest BCUT2D eigenvalue weighted by Gasteiger charge is 2.47. The van der Waals surface area contributed by atoms with E-state index in [1.807, 2.05) is 20.8 Å². The van der Waals surface area contributed by atoms with E-state index < -0.39 is 27.1 Å². The van der Waals surface area contributed by atoms with Gasteiger partial charge in [-0.15, -0.1) is 0 Å². The maximum Gasteiger partial charge on any atom is 1.20 e. The lowest BCUT2D eigenvalue weighted by molar-refractivity contribution is -0.142. The minimum Gasteiger partial charge on any atom is -0.575 e. The van der Waals surface area contributed by atoms with Crippen LogP contribution in [-0.2, 0) is 17.2 Å². The Bertz CT molecular complexity index is 567. The maximum absolute atomic E-state index is 11.8. The van der Waals surface area contributed by atoms with Crippen molar-refractivity contribution in [1.82, 2.24) is 0 Å². The van der Waals surface area contributed by atoms with E-state index in [0.717, 1.165) is 5.57 Å². The average molecular weight is 364 g/mol. The molecule has 0 radical (unpaired) electrons. The first-order valence-corrected chi connectivity index (χ1v) is 9.79. The van der Waals surface area contributed by atoms with Crippen molar-refractivity contribution in [2.45, 2.75) is 46.5 Å². The van der Waals surface area contributed by atoms with Gasteiger partial charge in [0.05, 0.1) is 0 Å². The molecular weight excluding hydrogens is 339 g/mol. The summed E-state index contributed by atoms with van der Waals surface area (Å²) in [7, 11) is 0. The topological polar surface area (TPSA) is 71.1 Å². The molecule has 0 aromatic heterocycles. The van der Waals surface area contributed by atoms with E-state index >= 15 is 0 Å². The Hall–Kier alpha value is -1.97. The van der Waals surface area contributed by atoms with Crippen molar-refractivity contribution in [1.29, 1.82) is 0 Å². The largest absolute Gasteiger partial charge is 1.20 e. The molecule has 1 aromatic carbocycles. The first-order valence-electron chi connectivity index (χ1n) is 8.38. The fourth-order valence-electron chi connectivity index (χ4n) is 1.78. The molecule has 0 atom stereocenters. The molecule has 0 aliphatic carbocycles. The Balaban J connectivity index is 2.86. The number of rotatable bonds is 11. The minimum atomic E-state index is -3.02. The van der Waals surface area contributed by atoms with Crippen molar-refractivity contribution >= 4 is 27.1 Å².